The van der Waals surface area contributed by atoms with Crippen LogP contribution in [0, 0.1) is 11.3 Å². The van der Waals surface area contributed by atoms with Crippen LogP contribution in [0.2, 0.25) is 0 Å². The smallest absolute Gasteiger partial charge is 0.337 e. The molecule has 0 saturated carbocycles. The van der Waals surface area contributed by atoms with Crippen LogP contribution in [0.3, 0.4) is 0 Å². The van der Waals surface area contributed by atoms with Crippen LogP contribution in [0.15, 0.2) is 30.5 Å². The van der Waals surface area contributed by atoms with E-state index >= 15 is 0 Å². The number of rotatable bonds is 7. The third kappa shape index (κ3) is 4.03. The fraction of sp³-hybridized carbons (Fsp3) is 0.391. The van der Waals surface area contributed by atoms with E-state index in [1.807, 2.05) is 4.57 Å². The highest BCUT2D eigenvalue weighted by Crippen LogP contribution is 2.32. The summed E-state index contributed by atoms with van der Waals surface area (Å²) in [5, 5.41) is 13.6. The predicted octanol–water partition coefficient (Wildman–Crippen LogP) is 2.20. The number of anilines is 2. The number of hydrogen-bond acceptors (Lipinski definition) is 10. The Morgan fingerprint density at radius 2 is 2.03 bits per heavy atom. The zero-order valence-electron chi connectivity index (χ0n) is 18.7. The van der Waals surface area contributed by atoms with Gasteiger partial charge >= 0.3 is 5.97 Å². The van der Waals surface area contributed by atoms with E-state index in [1.54, 1.807) is 37.6 Å². The van der Waals surface area contributed by atoms with E-state index in [0.717, 1.165) is 5.39 Å². The zero-order chi connectivity index (χ0) is 23.7. The van der Waals surface area contributed by atoms with Crippen molar-refractivity contribution in [2.24, 2.45) is 0 Å². The number of ether oxygens (including phenoxy) is 5. The molecule has 0 unspecified atom stereocenters. The Hall–Kier alpha value is -3.72. The third-order valence-corrected chi connectivity index (χ3v) is 5.88. The minimum absolute atomic E-state index is 0.111. The SMILES string of the molecule is COC(=O)c1ccc(Nc2ncc3cc(C#N)n([C@@H]4COC[C@H]4OC)c3n2)c(OC2COC2)c1. The van der Waals surface area contributed by atoms with Crippen molar-refractivity contribution < 1.29 is 28.5 Å². The van der Waals surface area contributed by atoms with Crippen LogP contribution in [0.5, 0.6) is 5.75 Å². The molecule has 2 atom stereocenters. The molecule has 0 amide bonds. The molecule has 0 bridgehead atoms. The zero-order valence-corrected chi connectivity index (χ0v) is 18.7. The molecule has 2 aliphatic heterocycles. The summed E-state index contributed by atoms with van der Waals surface area (Å²) in [4.78, 5) is 21.1. The topological polar surface area (TPSA) is 130 Å². The molecule has 0 radical (unpaired) electrons. The monoisotopic (exact) mass is 465 g/mol. The van der Waals surface area contributed by atoms with Gasteiger partial charge in [-0.1, -0.05) is 0 Å². The molecule has 2 aliphatic rings. The number of carbonyl (C=O) groups excluding carboxylic acids is 1. The minimum Gasteiger partial charge on any atom is -0.483 e. The second-order valence-corrected chi connectivity index (χ2v) is 7.97. The Balaban J connectivity index is 1.51. The lowest BCUT2D eigenvalue weighted by molar-refractivity contribution is -0.0794. The van der Waals surface area contributed by atoms with Gasteiger partial charge in [-0.15, -0.1) is 0 Å². The Morgan fingerprint density at radius 3 is 2.74 bits per heavy atom. The van der Waals surface area contributed by atoms with Crippen LogP contribution < -0.4 is 10.1 Å². The molecule has 0 aliphatic carbocycles. The summed E-state index contributed by atoms with van der Waals surface area (Å²) in [5.74, 6) is 0.300. The minimum atomic E-state index is -0.465. The Bertz CT molecular complexity index is 1260. The summed E-state index contributed by atoms with van der Waals surface area (Å²) < 4.78 is 29.0. The van der Waals surface area contributed by atoms with Crippen molar-refractivity contribution >= 4 is 28.6 Å². The number of nitrogens with zero attached hydrogens (tertiary/aromatic N) is 4. The first-order valence-electron chi connectivity index (χ1n) is 10.7. The van der Waals surface area contributed by atoms with Crippen molar-refractivity contribution in [1.29, 1.82) is 5.26 Å². The molecule has 2 aromatic heterocycles. The molecular weight excluding hydrogens is 442 g/mol. The molecule has 2 fully saturated rings. The largest absolute Gasteiger partial charge is 0.483 e. The van der Waals surface area contributed by atoms with Gasteiger partial charge in [0, 0.05) is 18.7 Å². The number of nitriles is 1. The van der Waals surface area contributed by atoms with Crippen molar-refractivity contribution in [1.82, 2.24) is 14.5 Å². The van der Waals surface area contributed by atoms with Gasteiger partial charge in [-0.2, -0.15) is 10.2 Å². The maximum absolute atomic E-state index is 12.0. The normalized spacial score (nSPS) is 20.0. The van der Waals surface area contributed by atoms with E-state index in [4.69, 9.17) is 23.7 Å². The molecule has 1 N–H and O–H groups in total. The molecule has 11 nitrogen and oxygen atoms in total. The molecule has 176 valence electrons. The highest BCUT2D eigenvalue weighted by Gasteiger charge is 2.33. The lowest BCUT2D eigenvalue weighted by Crippen LogP contribution is -2.38. The highest BCUT2D eigenvalue weighted by atomic mass is 16.6. The van der Waals surface area contributed by atoms with Gasteiger partial charge in [-0.3, -0.25) is 0 Å². The summed E-state index contributed by atoms with van der Waals surface area (Å²) >= 11 is 0. The maximum atomic E-state index is 12.0. The molecule has 3 aromatic rings. The number of hydrogen-bond donors (Lipinski definition) is 1. The molecular formula is C23H23N5O6. The van der Waals surface area contributed by atoms with Crippen LogP contribution in [-0.4, -0.2) is 73.4 Å². The quantitative estimate of drug-likeness (QED) is 0.518. The van der Waals surface area contributed by atoms with Crippen LogP contribution in [0.4, 0.5) is 11.6 Å². The van der Waals surface area contributed by atoms with Gasteiger partial charge < -0.3 is 33.6 Å². The van der Waals surface area contributed by atoms with Crippen LogP contribution >= 0.6 is 0 Å². The Labute approximate surface area is 195 Å². The average Bonchev–Trinajstić information content (AvgIpc) is 3.44. The Morgan fingerprint density at radius 1 is 1.21 bits per heavy atom. The van der Waals surface area contributed by atoms with Crippen molar-refractivity contribution in [3.05, 3.63) is 41.7 Å². The van der Waals surface area contributed by atoms with Gasteiger partial charge in [0.2, 0.25) is 5.95 Å². The molecule has 5 rings (SSSR count). The fourth-order valence-electron chi connectivity index (χ4n) is 4.03. The van der Waals surface area contributed by atoms with Crippen LogP contribution in [0.1, 0.15) is 22.1 Å². The van der Waals surface area contributed by atoms with Crippen molar-refractivity contribution in [3.8, 4) is 11.8 Å². The Kier molecular flexibility index (Phi) is 6.02. The maximum Gasteiger partial charge on any atom is 0.337 e. The molecule has 34 heavy (non-hydrogen) atoms. The van der Waals surface area contributed by atoms with E-state index in [0.29, 0.717) is 60.7 Å². The van der Waals surface area contributed by atoms with Gasteiger partial charge in [-0.05, 0) is 24.3 Å². The average molecular weight is 465 g/mol. The highest BCUT2D eigenvalue weighted by molar-refractivity contribution is 5.91. The number of nitrogens with one attached hydrogen (secondary N) is 1. The number of aromatic nitrogens is 3. The van der Waals surface area contributed by atoms with E-state index in [-0.39, 0.29) is 18.2 Å². The predicted molar refractivity (Wildman–Crippen MR) is 119 cm³/mol. The molecule has 2 saturated heterocycles. The number of methoxy groups -OCH3 is 2. The van der Waals surface area contributed by atoms with Crippen LogP contribution in [-0.2, 0) is 18.9 Å². The first-order valence-corrected chi connectivity index (χ1v) is 10.7. The summed E-state index contributed by atoms with van der Waals surface area (Å²) in [6.07, 6.45) is 1.35. The first-order chi connectivity index (χ1) is 16.6. The lowest BCUT2D eigenvalue weighted by atomic mass is 10.2. The van der Waals surface area contributed by atoms with Crippen molar-refractivity contribution in [2.75, 3.05) is 46.0 Å². The van der Waals surface area contributed by atoms with Gasteiger partial charge in [-0.25, -0.2) is 9.78 Å². The fourth-order valence-corrected chi connectivity index (χ4v) is 4.03. The third-order valence-electron chi connectivity index (χ3n) is 5.88. The summed E-state index contributed by atoms with van der Waals surface area (Å²) in [6.45, 7) is 1.80. The standard InChI is InChI=1S/C23H23N5O6/c1-30-20-12-33-11-18(20)28-15(7-24)5-14-8-25-23(27-21(14)28)26-17-4-3-13(22(29)31-2)6-19(17)34-16-9-32-10-16/h3-6,8,16,18,20H,9-12H2,1-2H3,(H,25,26,27)/t18-,20-/m1/s1. The number of benzene rings is 1. The molecule has 0 spiro atoms. The summed E-state index contributed by atoms with van der Waals surface area (Å²) in [5.41, 5.74) is 1.98. The summed E-state index contributed by atoms with van der Waals surface area (Å²) in [6, 6.07) is 8.75. The summed E-state index contributed by atoms with van der Waals surface area (Å²) in [7, 11) is 2.95. The van der Waals surface area contributed by atoms with E-state index < -0.39 is 5.97 Å². The molecule has 11 heteroatoms. The second kappa shape index (κ2) is 9.26. The van der Waals surface area contributed by atoms with Gasteiger partial charge in [0.1, 0.15) is 35.4 Å². The van der Waals surface area contributed by atoms with Gasteiger partial charge in [0.15, 0.2) is 0 Å². The van der Waals surface area contributed by atoms with Crippen molar-refractivity contribution in [2.45, 2.75) is 18.2 Å². The van der Waals surface area contributed by atoms with Crippen molar-refractivity contribution in [3.63, 3.8) is 0 Å². The van der Waals surface area contributed by atoms with E-state index in [2.05, 4.69) is 21.4 Å². The second-order valence-electron chi connectivity index (χ2n) is 7.97. The number of fused-ring (bicyclic) bond motifs is 1. The first kappa shape index (κ1) is 22.1. The van der Waals surface area contributed by atoms with Crippen LogP contribution in [0.25, 0.3) is 11.0 Å². The molecule has 1 aromatic carbocycles. The number of carbonyl (C=O) groups is 1. The van der Waals surface area contributed by atoms with E-state index in [1.165, 1.54) is 7.11 Å². The number of esters is 1. The lowest BCUT2D eigenvalue weighted by Gasteiger charge is -2.28. The van der Waals surface area contributed by atoms with Gasteiger partial charge in [0.05, 0.1) is 50.8 Å². The van der Waals surface area contributed by atoms with E-state index in [9.17, 15) is 10.1 Å². The van der Waals surface area contributed by atoms with Gasteiger partial charge in [0.25, 0.3) is 0 Å². The molecule has 4 heterocycles.